The van der Waals surface area contributed by atoms with E-state index in [0.29, 0.717) is 49.5 Å². The molecule has 1 amide bonds. The van der Waals surface area contributed by atoms with Crippen molar-refractivity contribution < 1.29 is 18.4 Å². The number of fused-ring (bicyclic) bond motifs is 1. The van der Waals surface area contributed by atoms with E-state index < -0.39 is 11.5 Å². The molecule has 0 atom stereocenters. The summed E-state index contributed by atoms with van der Waals surface area (Å²) < 4.78 is 16.6. The topological polar surface area (TPSA) is 93.7 Å². The number of hydrogen-bond donors (Lipinski definition) is 2. The van der Waals surface area contributed by atoms with Gasteiger partial charge >= 0.3 is 5.63 Å². The number of benzene rings is 3. The lowest BCUT2D eigenvalue weighted by Gasteiger charge is -2.14. The predicted octanol–water partition coefficient (Wildman–Crippen LogP) is 7.16. The third-order valence-corrected chi connectivity index (χ3v) is 6.41. The summed E-state index contributed by atoms with van der Waals surface area (Å²) in [6, 6.07) is 22.2. The van der Waals surface area contributed by atoms with Crippen LogP contribution >= 0.6 is 35.4 Å². The van der Waals surface area contributed by atoms with Gasteiger partial charge in [0.2, 0.25) is 0 Å². The van der Waals surface area contributed by atoms with Gasteiger partial charge in [0.25, 0.3) is 5.91 Å². The van der Waals surface area contributed by atoms with Gasteiger partial charge in [0.05, 0.1) is 23.4 Å². The number of rotatable bonds is 5. The first-order valence-electron chi connectivity index (χ1n) is 11.2. The number of ether oxygens (including phenoxy) is 1. The van der Waals surface area contributed by atoms with E-state index in [1.807, 2.05) is 12.1 Å². The van der Waals surface area contributed by atoms with Gasteiger partial charge in [-0.15, -0.1) is 0 Å². The molecule has 2 heterocycles. The van der Waals surface area contributed by atoms with E-state index in [9.17, 15) is 9.59 Å². The van der Waals surface area contributed by atoms with E-state index in [2.05, 4.69) is 10.6 Å². The molecule has 0 bridgehead atoms. The minimum atomic E-state index is -0.566. The van der Waals surface area contributed by atoms with E-state index in [1.54, 1.807) is 60.7 Å². The normalized spacial score (nSPS) is 10.8. The van der Waals surface area contributed by atoms with Crippen molar-refractivity contribution in [2.75, 3.05) is 12.4 Å². The van der Waals surface area contributed by atoms with Crippen LogP contribution in [0.2, 0.25) is 10.0 Å². The van der Waals surface area contributed by atoms with Crippen LogP contribution in [0.15, 0.2) is 92.5 Å². The van der Waals surface area contributed by atoms with Crippen LogP contribution in [0.1, 0.15) is 10.6 Å². The highest BCUT2D eigenvalue weighted by Crippen LogP contribution is 2.32. The minimum Gasteiger partial charge on any atom is -0.495 e. The van der Waals surface area contributed by atoms with Gasteiger partial charge in [-0.25, -0.2) is 4.79 Å². The van der Waals surface area contributed by atoms with Gasteiger partial charge in [0, 0.05) is 16.0 Å². The van der Waals surface area contributed by atoms with E-state index in [0.717, 1.165) is 5.39 Å². The summed E-state index contributed by atoms with van der Waals surface area (Å²) in [6.07, 6.45) is 0. The van der Waals surface area contributed by atoms with Crippen molar-refractivity contribution in [3.8, 4) is 28.2 Å². The van der Waals surface area contributed by atoms with Gasteiger partial charge in [0.15, 0.2) is 10.9 Å². The van der Waals surface area contributed by atoms with Gasteiger partial charge in [0.1, 0.15) is 17.1 Å². The molecule has 2 N–H and O–H groups in total. The number of thiocarbonyl (C=S) groups is 1. The zero-order chi connectivity index (χ0) is 26.8. The molecule has 0 aliphatic carbocycles. The molecule has 7 nitrogen and oxygen atoms in total. The Kier molecular flexibility index (Phi) is 7.20. The Balaban J connectivity index is 1.35. The fraction of sp³-hybridized carbons (Fsp3) is 0.0357. The number of hydrogen-bond acceptors (Lipinski definition) is 6. The first-order valence-corrected chi connectivity index (χ1v) is 12.4. The first kappa shape index (κ1) is 25.5. The second-order valence-electron chi connectivity index (χ2n) is 8.10. The molecule has 0 unspecified atom stereocenters. The van der Waals surface area contributed by atoms with Crippen LogP contribution < -0.4 is 21.0 Å². The van der Waals surface area contributed by atoms with Crippen LogP contribution in [0.3, 0.4) is 0 Å². The number of methoxy groups -OCH3 is 1. The number of nitrogens with one attached hydrogen (secondary N) is 2. The van der Waals surface area contributed by atoms with E-state index >= 15 is 0 Å². The first-order chi connectivity index (χ1) is 18.3. The molecule has 10 heteroatoms. The molecule has 0 saturated carbocycles. The largest absolute Gasteiger partial charge is 0.495 e. The molecule has 190 valence electrons. The Morgan fingerprint density at radius 2 is 1.74 bits per heavy atom. The second kappa shape index (κ2) is 10.7. The lowest BCUT2D eigenvalue weighted by Crippen LogP contribution is -2.34. The van der Waals surface area contributed by atoms with Crippen molar-refractivity contribution in [2.24, 2.45) is 0 Å². The van der Waals surface area contributed by atoms with Crippen LogP contribution in [0, 0.1) is 0 Å². The Morgan fingerprint density at radius 3 is 2.53 bits per heavy atom. The molecule has 0 aliphatic heterocycles. The molecular weight excluding hydrogens is 547 g/mol. The Hall–Kier alpha value is -4.11. The third-order valence-electron chi connectivity index (χ3n) is 5.65. The SMILES string of the molecule is COc1ccc(-c2cc3ccccc3oc2=O)cc1NC(=S)NC(=O)c1ccc(-c2ccc(Cl)cc2Cl)o1. The number of carbonyl (C=O) groups is 1. The van der Waals surface area contributed by atoms with Gasteiger partial charge < -0.3 is 18.9 Å². The number of para-hydroxylation sites is 1. The molecule has 0 radical (unpaired) electrons. The Labute approximate surface area is 231 Å². The van der Waals surface area contributed by atoms with Crippen LogP contribution in [-0.4, -0.2) is 18.1 Å². The molecule has 0 fully saturated rings. The van der Waals surface area contributed by atoms with E-state index in [1.165, 1.54) is 13.2 Å². The summed E-state index contributed by atoms with van der Waals surface area (Å²) in [7, 11) is 1.50. The summed E-state index contributed by atoms with van der Waals surface area (Å²) in [6.45, 7) is 0. The molecule has 5 aromatic rings. The summed E-state index contributed by atoms with van der Waals surface area (Å²) in [5.41, 5.74) is 2.00. The fourth-order valence-corrected chi connectivity index (χ4v) is 4.55. The number of amides is 1. The Bertz CT molecular complexity index is 1760. The smallest absolute Gasteiger partial charge is 0.344 e. The van der Waals surface area contributed by atoms with E-state index in [4.69, 9.17) is 49.0 Å². The molecule has 5 rings (SSSR count). The molecule has 0 aliphatic rings. The van der Waals surface area contributed by atoms with Crippen LogP contribution in [0.25, 0.3) is 33.4 Å². The molecule has 38 heavy (non-hydrogen) atoms. The highest BCUT2D eigenvalue weighted by atomic mass is 35.5. The summed E-state index contributed by atoms with van der Waals surface area (Å²) >= 11 is 17.5. The zero-order valence-electron chi connectivity index (χ0n) is 19.7. The van der Waals surface area contributed by atoms with Crippen molar-refractivity contribution in [3.05, 3.63) is 105 Å². The standard InChI is InChI=1S/C28H18Cl2N2O5S/c1-35-24-9-6-15(19-12-16-4-2-3-5-22(16)37-27(19)34)13-21(24)31-28(38)32-26(33)25-11-10-23(36-25)18-8-7-17(29)14-20(18)30/h2-14H,1H3,(H2,31,32,33,38). The van der Waals surface area contributed by atoms with Gasteiger partial charge in [-0.2, -0.15) is 0 Å². The van der Waals surface area contributed by atoms with Crippen LogP contribution in [-0.2, 0) is 0 Å². The maximum Gasteiger partial charge on any atom is 0.344 e. The molecular formula is C28H18Cl2N2O5S. The maximum atomic E-state index is 12.8. The zero-order valence-corrected chi connectivity index (χ0v) is 22.0. The van der Waals surface area contributed by atoms with Crippen molar-refractivity contribution in [1.82, 2.24) is 5.32 Å². The molecule has 0 saturated heterocycles. The average molecular weight is 565 g/mol. The highest BCUT2D eigenvalue weighted by Gasteiger charge is 2.17. The summed E-state index contributed by atoms with van der Waals surface area (Å²) in [4.78, 5) is 25.4. The molecule has 2 aromatic heterocycles. The van der Waals surface area contributed by atoms with Gasteiger partial charge in [-0.3, -0.25) is 10.1 Å². The van der Waals surface area contributed by atoms with Crippen molar-refractivity contribution in [2.45, 2.75) is 0 Å². The minimum absolute atomic E-state index is 0.00142. The number of furan rings is 1. The molecule has 0 spiro atoms. The fourth-order valence-electron chi connectivity index (χ4n) is 3.85. The lowest BCUT2D eigenvalue weighted by atomic mass is 10.0. The maximum absolute atomic E-state index is 12.8. The second-order valence-corrected chi connectivity index (χ2v) is 9.35. The van der Waals surface area contributed by atoms with Gasteiger partial charge in [-0.1, -0.05) is 47.5 Å². The highest BCUT2D eigenvalue weighted by molar-refractivity contribution is 7.80. The van der Waals surface area contributed by atoms with Gasteiger partial charge in [-0.05, 0) is 72.4 Å². The van der Waals surface area contributed by atoms with Crippen molar-refractivity contribution in [1.29, 1.82) is 0 Å². The number of halogens is 2. The lowest BCUT2D eigenvalue weighted by molar-refractivity contribution is 0.0951. The average Bonchev–Trinajstić information content (AvgIpc) is 3.38. The van der Waals surface area contributed by atoms with Crippen molar-refractivity contribution in [3.63, 3.8) is 0 Å². The van der Waals surface area contributed by atoms with Crippen LogP contribution in [0.5, 0.6) is 5.75 Å². The third kappa shape index (κ3) is 5.28. The summed E-state index contributed by atoms with van der Waals surface area (Å²) in [5, 5.41) is 7.19. The predicted molar refractivity (Wildman–Crippen MR) is 152 cm³/mol. The number of carbonyl (C=O) groups excluding carboxylic acids is 1. The van der Waals surface area contributed by atoms with Crippen LogP contribution in [0.4, 0.5) is 5.69 Å². The van der Waals surface area contributed by atoms with Crippen molar-refractivity contribution >= 4 is 63.1 Å². The quantitative estimate of drug-likeness (QED) is 0.173. The monoisotopic (exact) mass is 564 g/mol. The summed E-state index contributed by atoms with van der Waals surface area (Å²) in [5.74, 6) is 0.321. The van der Waals surface area contributed by atoms with E-state index in [-0.39, 0.29) is 10.9 Å². The number of anilines is 1. The Morgan fingerprint density at radius 1 is 0.921 bits per heavy atom. The molecule has 3 aromatic carbocycles.